The normalized spacial score (nSPS) is 33.6. The zero-order valence-corrected chi connectivity index (χ0v) is 9.80. The molecule has 1 aliphatic rings. The lowest BCUT2D eigenvalue weighted by molar-refractivity contribution is 0.105. The molecular weight excluding hydrogens is 172 g/mol. The van der Waals surface area contributed by atoms with Gasteiger partial charge in [-0.15, -0.1) is 0 Å². The van der Waals surface area contributed by atoms with Crippen LogP contribution in [0.5, 0.6) is 0 Å². The van der Waals surface area contributed by atoms with Crippen LogP contribution in [-0.2, 0) is 0 Å². The molecule has 2 nitrogen and oxygen atoms in total. The Balaban J connectivity index is 2.46. The first kappa shape index (κ1) is 11.5. The minimum absolute atomic E-state index is 0.204. The van der Waals surface area contributed by atoms with E-state index < -0.39 is 0 Å². The molecule has 14 heavy (non-hydrogen) atoms. The summed E-state index contributed by atoms with van der Waals surface area (Å²) in [6.45, 7) is 8.80. The molecule has 0 aromatic heterocycles. The number of rotatable bonds is 4. The molecule has 1 aliphatic carbocycles. The van der Waals surface area contributed by atoms with E-state index >= 15 is 0 Å². The maximum atomic E-state index is 9.17. The zero-order valence-electron chi connectivity index (χ0n) is 9.80. The molecule has 0 radical (unpaired) electrons. The summed E-state index contributed by atoms with van der Waals surface area (Å²) in [5.74, 6) is 1.46. The largest absolute Gasteiger partial charge is 0.297 e. The van der Waals surface area contributed by atoms with E-state index in [9.17, 15) is 0 Å². The van der Waals surface area contributed by atoms with Gasteiger partial charge in [0.25, 0.3) is 0 Å². The highest BCUT2D eigenvalue weighted by Gasteiger charge is 2.45. The van der Waals surface area contributed by atoms with Gasteiger partial charge in [0.2, 0.25) is 0 Å². The van der Waals surface area contributed by atoms with Crippen molar-refractivity contribution in [2.75, 3.05) is 0 Å². The molecule has 1 atom stereocenters. The van der Waals surface area contributed by atoms with Gasteiger partial charge in [-0.2, -0.15) is 5.26 Å². The van der Waals surface area contributed by atoms with Crippen LogP contribution in [0, 0.1) is 23.2 Å². The minimum Gasteiger partial charge on any atom is -0.297 e. The van der Waals surface area contributed by atoms with Crippen LogP contribution in [0.1, 0.15) is 47.0 Å². The van der Waals surface area contributed by atoms with Gasteiger partial charge in [0, 0.05) is 6.04 Å². The van der Waals surface area contributed by atoms with E-state index in [-0.39, 0.29) is 5.54 Å². The average Bonchev–Trinajstić information content (AvgIpc) is 2.09. The van der Waals surface area contributed by atoms with Crippen LogP contribution < -0.4 is 5.32 Å². The third-order valence-corrected chi connectivity index (χ3v) is 3.51. The number of nitrogens with zero attached hydrogens (tertiary/aromatic N) is 1. The molecule has 0 aliphatic heterocycles. The summed E-state index contributed by atoms with van der Waals surface area (Å²) in [6.07, 6.45) is 3.16. The Morgan fingerprint density at radius 2 is 2.00 bits per heavy atom. The highest BCUT2D eigenvalue weighted by Crippen LogP contribution is 2.42. The fraction of sp³-hybridized carbons (Fsp3) is 0.917. The molecule has 1 fully saturated rings. The van der Waals surface area contributed by atoms with E-state index in [4.69, 9.17) is 5.26 Å². The van der Waals surface area contributed by atoms with Crippen molar-refractivity contribution in [1.29, 1.82) is 5.26 Å². The first-order valence-corrected chi connectivity index (χ1v) is 5.72. The fourth-order valence-electron chi connectivity index (χ4n) is 2.12. The van der Waals surface area contributed by atoms with Gasteiger partial charge in [-0.1, -0.05) is 20.8 Å². The summed E-state index contributed by atoms with van der Waals surface area (Å²) < 4.78 is 0. The van der Waals surface area contributed by atoms with E-state index in [2.05, 4.69) is 39.1 Å². The highest BCUT2D eigenvalue weighted by molar-refractivity contribution is 5.16. The molecule has 0 aromatic rings. The van der Waals surface area contributed by atoms with Gasteiger partial charge in [-0.3, -0.25) is 5.32 Å². The third kappa shape index (κ3) is 2.27. The molecular formula is C12H22N2. The van der Waals surface area contributed by atoms with Crippen LogP contribution in [-0.4, -0.2) is 11.6 Å². The predicted molar refractivity (Wildman–Crippen MR) is 58.8 cm³/mol. The molecule has 1 saturated carbocycles. The van der Waals surface area contributed by atoms with Crippen LogP contribution in [0.2, 0.25) is 0 Å². The number of hydrogen-bond donors (Lipinski definition) is 1. The Morgan fingerprint density at radius 3 is 2.36 bits per heavy atom. The number of hydrogen-bond acceptors (Lipinski definition) is 2. The smallest absolute Gasteiger partial charge is 0.107 e. The Kier molecular flexibility index (Phi) is 3.55. The lowest BCUT2D eigenvalue weighted by Crippen LogP contribution is -2.57. The van der Waals surface area contributed by atoms with Crippen molar-refractivity contribution in [2.24, 2.45) is 11.8 Å². The van der Waals surface area contributed by atoms with E-state index in [1.54, 1.807) is 0 Å². The van der Waals surface area contributed by atoms with Crippen molar-refractivity contribution in [3.8, 4) is 6.07 Å². The van der Waals surface area contributed by atoms with E-state index in [1.807, 2.05) is 0 Å². The van der Waals surface area contributed by atoms with Gasteiger partial charge in [0.15, 0.2) is 0 Å². The quantitative estimate of drug-likeness (QED) is 0.747. The second kappa shape index (κ2) is 4.31. The molecule has 0 amide bonds. The van der Waals surface area contributed by atoms with Crippen molar-refractivity contribution in [3.63, 3.8) is 0 Å². The lowest BCUT2D eigenvalue weighted by atomic mass is 9.64. The standard InChI is InChI=1S/C12H22N2/c1-5-10(4)14-12(8-13)6-11(7-12)9(2)3/h9-11,14H,5-7H2,1-4H3. The van der Waals surface area contributed by atoms with Crippen molar-refractivity contribution in [2.45, 2.75) is 58.5 Å². The molecule has 2 heteroatoms. The maximum absolute atomic E-state index is 9.17. The van der Waals surface area contributed by atoms with Crippen LogP contribution in [0.4, 0.5) is 0 Å². The fourth-order valence-corrected chi connectivity index (χ4v) is 2.12. The minimum atomic E-state index is -0.204. The van der Waals surface area contributed by atoms with E-state index in [0.29, 0.717) is 6.04 Å². The molecule has 0 bridgehead atoms. The summed E-state index contributed by atoms with van der Waals surface area (Å²) in [5.41, 5.74) is -0.204. The van der Waals surface area contributed by atoms with Gasteiger partial charge >= 0.3 is 0 Å². The average molecular weight is 194 g/mol. The van der Waals surface area contributed by atoms with Crippen molar-refractivity contribution < 1.29 is 0 Å². The van der Waals surface area contributed by atoms with Crippen LogP contribution in [0.25, 0.3) is 0 Å². The van der Waals surface area contributed by atoms with Crippen LogP contribution >= 0.6 is 0 Å². The Labute approximate surface area is 87.7 Å². The maximum Gasteiger partial charge on any atom is 0.107 e. The Morgan fingerprint density at radius 1 is 1.43 bits per heavy atom. The molecule has 0 spiro atoms. The second-order valence-electron chi connectivity index (χ2n) is 5.06. The summed E-state index contributed by atoms with van der Waals surface area (Å²) in [4.78, 5) is 0. The first-order chi connectivity index (χ1) is 6.53. The Bertz CT molecular complexity index is 221. The molecule has 1 N–H and O–H groups in total. The van der Waals surface area contributed by atoms with Gasteiger partial charge in [-0.05, 0) is 38.0 Å². The predicted octanol–water partition coefficient (Wildman–Crippen LogP) is 2.70. The summed E-state index contributed by atoms with van der Waals surface area (Å²) in [5, 5.41) is 12.6. The summed E-state index contributed by atoms with van der Waals surface area (Å²) >= 11 is 0. The SMILES string of the molecule is CCC(C)NC1(C#N)CC(C(C)C)C1. The second-order valence-corrected chi connectivity index (χ2v) is 5.06. The van der Waals surface area contributed by atoms with Gasteiger partial charge in [0.1, 0.15) is 5.54 Å². The van der Waals surface area contributed by atoms with E-state index in [1.165, 1.54) is 0 Å². The van der Waals surface area contributed by atoms with Gasteiger partial charge in [-0.25, -0.2) is 0 Å². The summed E-state index contributed by atoms with van der Waals surface area (Å²) in [6, 6.07) is 2.91. The topological polar surface area (TPSA) is 35.8 Å². The molecule has 1 unspecified atom stereocenters. The highest BCUT2D eigenvalue weighted by atomic mass is 15.0. The van der Waals surface area contributed by atoms with Gasteiger partial charge < -0.3 is 0 Å². The number of nitriles is 1. The molecule has 0 saturated heterocycles. The molecule has 80 valence electrons. The van der Waals surface area contributed by atoms with E-state index in [0.717, 1.165) is 31.1 Å². The molecule has 1 rings (SSSR count). The Hall–Kier alpha value is -0.550. The van der Waals surface area contributed by atoms with Gasteiger partial charge in [0.05, 0.1) is 6.07 Å². The zero-order chi connectivity index (χ0) is 10.8. The third-order valence-electron chi connectivity index (χ3n) is 3.51. The molecule has 0 heterocycles. The lowest BCUT2D eigenvalue weighted by Gasteiger charge is -2.46. The number of nitrogens with one attached hydrogen (secondary N) is 1. The van der Waals surface area contributed by atoms with Crippen molar-refractivity contribution >= 4 is 0 Å². The van der Waals surface area contributed by atoms with Crippen molar-refractivity contribution in [3.05, 3.63) is 0 Å². The van der Waals surface area contributed by atoms with Crippen LogP contribution in [0.3, 0.4) is 0 Å². The molecule has 0 aromatic carbocycles. The summed E-state index contributed by atoms with van der Waals surface area (Å²) in [7, 11) is 0. The van der Waals surface area contributed by atoms with Crippen molar-refractivity contribution in [1.82, 2.24) is 5.32 Å². The van der Waals surface area contributed by atoms with Crippen LogP contribution in [0.15, 0.2) is 0 Å². The first-order valence-electron chi connectivity index (χ1n) is 5.72. The monoisotopic (exact) mass is 194 g/mol.